The molecule has 0 unspecified atom stereocenters. The molecule has 4 nitrogen and oxygen atoms in total. The van der Waals surface area contributed by atoms with Crippen molar-refractivity contribution in [1.29, 1.82) is 0 Å². The lowest BCUT2D eigenvalue weighted by molar-refractivity contribution is -0.113. The summed E-state index contributed by atoms with van der Waals surface area (Å²) in [7, 11) is -2.85. The number of aryl methyl sites for hydroxylation is 2. The monoisotopic (exact) mass is 589 g/mol. The summed E-state index contributed by atoms with van der Waals surface area (Å²) in [5, 5.41) is 8.76. The molecule has 6 heteroatoms. The zero-order valence-electron chi connectivity index (χ0n) is 23.4. The van der Waals surface area contributed by atoms with Gasteiger partial charge in [0.15, 0.2) is 13.0 Å². The highest BCUT2D eigenvalue weighted by Gasteiger charge is 2.52. The predicted octanol–water partition coefficient (Wildman–Crippen LogP) is 7.07. The van der Waals surface area contributed by atoms with Gasteiger partial charge in [0.25, 0.3) is 11.8 Å². The summed E-state index contributed by atoms with van der Waals surface area (Å²) in [6.07, 6.45) is 0. The average molecular weight is 590 g/mol. The van der Waals surface area contributed by atoms with Crippen molar-refractivity contribution in [1.82, 2.24) is 5.32 Å². The van der Waals surface area contributed by atoms with Crippen LogP contribution in [0.2, 0.25) is 0 Å². The second-order valence-corrected chi connectivity index (χ2v) is 14.0. The Kier molecular flexibility index (Phi) is 8.97. The van der Waals surface area contributed by atoms with Crippen molar-refractivity contribution in [3.05, 3.63) is 167 Å². The van der Waals surface area contributed by atoms with Crippen LogP contribution in [-0.2, 0) is 4.79 Å². The number of anilines is 1. The van der Waals surface area contributed by atoms with Gasteiger partial charge in [-0.15, -0.1) is 0 Å². The third-order valence-electron chi connectivity index (χ3n) is 7.02. The molecule has 5 rings (SSSR count). The van der Waals surface area contributed by atoms with Gasteiger partial charge in [0.05, 0.1) is 0 Å². The SMILES string of the molecule is Cc1ccc(NC(=O)/C(NC(=O)c2ccc(C)cc2)=C(\Cl)[P+](c2ccccc2)(c2ccccc2)c2ccccc2)cc1. The fourth-order valence-corrected chi connectivity index (χ4v) is 9.77. The second-order valence-electron chi connectivity index (χ2n) is 9.98. The Hall–Kier alpha value is -4.50. The number of rotatable bonds is 8. The normalized spacial score (nSPS) is 11.8. The molecule has 0 saturated heterocycles. The van der Waals surface area contributed by atoms with Gasteiger partial charge in [0.1, 0.15) is 15.9 Å². The van der Waals surface area contributed by atoms with Crippen molar-refractivity contribution in [3.63, 3.8) is 0 Å². The van der Waals surface area contributed by atoms with Crippen molar-refractivity contribution < 1.29 is 9.59 Å². The molecule has 0 aliphatic heterocycles. The lowest BCUT2D eigenvalue weighted by Crippen LogP contribution is -2.37. The van der Waals surface area contributed by atoms with E-state index in [2.05, 4.69) is 10.6 Å². The van der Waals surface area contributed by atoms with E-state index in [9.17, 15) is 9.59 Å². The summed E-state index contributed by atoms with van der Waals surface area (Å²) in [6.45, 7) is 3.94. The topological polar surface area (TPSA) is 58.2 Å². The number of hydrogen-bond donors (Lipinski definition) is 2. The van der Waals surface area contributed by atoms with E-state index < -0.39 is 19.1 Å². The first kappa shape index (κ1) is 29.0. The Bertz CT molecular complexity index is 1610. The van der Waals surface area contributed by atoms with Gasteiger partial charge in [0, 0.05) is 11.3 Å². The summed E-state index contributed by atoms with van der Waals surface area (Å²) in [5.74, 6) is -0.925. The Labute approximate surface area is 252 Å². The van der Waals surface area contributed by atoms with Crippen LogP contribution in [0.3, 0.4) is 0 Å². The highest BCUT2D eigenvalue weighted by molar-refractivity contribution is 8.00. The number of halogens is 1. The molecule has 0 aromatic heterocycles. The summed E-state index contributed by atoms with van der Waals surface area (Å²) < 4.78 is 0.274. The summed E-state index contributed by atoms with van der Waals surface area (Å²) >= 11 is 7.57. The van der Waals surface area contributed by atoms with Crippen LogP contribution in [0, 0.1) is 13.8 Å². The van der Waals surface area contributed by atoms with E-state index >= 15 is 0 Å². The minimum absolute atomic E-state index is 0.00714. The van der Waals surface area contributed by atoms with Crippen LogP contribution in [0.4, 0.5) is 5.69 Å². The van der Waals surface area contributed by atoms with E-state index in [-0.39, 0.29) is 10.5 Å². The van der Waals surface area contributed by atoms with Crippen molar-refractivity contribution in [2.45, 2.75) is 13.8 Å². The molecule has 0 heterocycles. The summed E-state index contributed by atoms with van der Waals surface area (Å²) in [5.41, 5.74) is 3.12. The molecule has 0 radical (unpaired) electrons. The molecule has 2 N–H and O–H groups in total. The maximum Gasteiger partial charge on any atom is 0.277 e. The molecule has 0 atom stereocenters. The van der Waals surface area contributed by atoms with Crippen LogP contribution in [0.5, 0.6) is 0 Å². The Balaban J connectivity index is 1.77. The van der Waals surface area contributed by atoms with Crippen LogP contribution in [0.25, 0.3) is 0 Å². The third kappa shape index (κ3) is 6.06. The number of carbonyl (C=O) groups excluding carboxylic acids is 2. The molecule has 0 aliphatic carbocycles. The highest BCUT2D eigenvalue weighted by Crippen LogP contribution is 2.64. The lowest BCUT2D eigenvalue weighted by atomic mass is 10.1. The fraction of sp³-hybridized carbons (Fsp3) is 0.0556. The van der Waals surface area contributed by atoms with E-state index in [4.69, 9.17) is 11.6 Å². The van der Waals surface area contributed by atoms with Crippen molar-refractivity contribution >= 4 is 52.3 Å². The van der Waals surface area contributed by atoms with E-state index in [0.717, 1.165) is 27.0 Å². The average Bonchev–Trinajstić information content (AvgIpc) is 3.03. The maximum absolute atomic E-state index is 14.2. The largest absolute Gasteiger partial charge is 0.321 e. The first-order valence-electron chi connectivity index (χ1n) is 13.6. The van der Waals surface area contributed by atoms with Crippen LogP contribution in [0.15, 0.2) is 150 Å². The van der Waals surface area contributed by atoms with Crippen LogP contribution >= 0.6 is 18.9 Å². The van der Waals surface area contributed by atoms with E-state index in [1.807, 2.05) is 141 Å². The van der Waals surface area contributed by atoms with Gasteiger partial charge >= 0.3 is 0 Å². The molecule has 0 aliphatic rings. The van der Waals surface area contributed by atoms with Gasteiger partial charge in [-0.3, -0.25) is 9.59 Å². The molecular formula is C36H31ClN2O2P+. The molecule has 2 amide bonds. The molecular weight excluding hydrogens is 559 g/mol. The van der Waals surface area contributed by atoms with Crippen molar-refractivity contribution in [2.75, 3.05) is 5.32 Å². The molecule has 0 bridgehead atoms. The number of amides is 2. The third-order valence-corrected chi connectivity index (χ3v) is 12.0. The smallest absolute Gasteiger partial charge is 0.277 e. The zero-order chi connectivity index (χ0) is 29.5. The van der Waals surface area contributed by atoms with E-state index in [0.29, 0.717) is 11.3 Å². The fourth-order valence-electron chi connectivity index (χ4n) is 4.83. The highest BCUT2D eigenvalue weighted by atomic mass is 35.5. The van der Waals surface area contributed by atoms with E-state index in [1.54, 1.807) is 12.1 Å². The summed E-state index contributed by atoms with van der Waals surface area (Å²) in [6, 6.07) is 44.6. The van der Waals surface area contributed by atoms with Crippen LogP contribution in [0.1, 0.15) is 21.5 Å². The minimum atomic E-state index is -2.85. The van der Waals surface area contributed by atoms with Gasteiger partial charge in [-0.05, 0) is 86.1 Å². The van der Waals surface area contributed by atoms with Crippen molar-refractivity contribution in [2.24, 2.45) is 0 Å². The van der Waals surface area contributed by atoms with Gasteiger partial charge in [-0.25, -0.2) is 0 Å². The first-order chi connectivity index (χ1) is 20.4. The standard InChI is InChI=1S/C36H30ClN2O2P/c1-26-18-22-28(23-19-26)35(40)39-33(36(41)38-29-24-20-27(2)21-25-29)34(37)42(30-12-6-3-7-13-30,31-14-8-4-9-15-31)32-16-10-5-11-17-32/h3-25H,1-2H3,(H-,38,39,40,41)/p+1/b34-33-. The zero-order valence-corrected chi connectivity index (χ0v) is 25.1. The first-order valence-corrected chi connectivity index (χ1v) is 15.8. The molecule has 5 aromatic rings. The summed E-state index contributed by atoms with van der Waals surface area (Å²) in [4.78, 5) is 27.8. The van der Waals surface area contributed by atoms with E-state index in [1.165, 1.54) is 0 Å². The molecule has 0 fully saturated rings. The Morgan fingerprint density at radius 1 is 0.571 bits per heavy atom. The van der Waals surface area contributed by atoms with Gasteiger partial charge < -0.3 is 10.6 Å². The van der Waals surface area contributed by atoms with Gasteiger partial charge in [0.2, 0.25) is 4.77 Å². The quantitative estimate of drug-likeness (QED) is 0.150. The Morgan fingerprint density at radius 2 is 0.976 bits per heavy atom. The van der Waals surface area contributed by atoms with Gasteiger partial charge in [-0.2, -0.15) is 0 Å². The number of hydrogen-bond acceptors (Lipinski definition) is 2. The predicted molar refractivity (Wildman–Crippen MR) is 176 cm³/mol. The maximum atomic E-state index is 14.2. The molecule has 42 heavy (non-hydrogen) atoms. The second kappa shape index (κ2) is 13.0. The molecule has 208 valence electrons. The van der Waals surface area contributed by atoms with Crippen molar-refractivity contribution in [3.8, 4) is 0 Å². The number of nitrogens with one attached hydrogen (secondary N) is 2. The minimum Gasteiger partial charge on any atom is -0.321 e. The van der Waals surface area contributed by atoms with Gasteiger partial charge in [-0.1, -0.05) is 90.0 Å². The lowest BCUT2D eigenvalue weighted by Gasteiger charge is -2.28. The number of carbonyl (C=O) groups is 2. The number of benzene rings is 5. The van der Waals surface area contributed by atoms with Crippen LogP contribution in [-0.4, -0.2) is 11.8 Å². The molecule has 0 spiro atoms. The van der Waals surface area contributed by atoms with Crippen LogP contribution < -0.4 is 26.5 Å². The molecule has 0 saturated carbocycles. The Morgan fingerprint density at radius 3 is 1.40 bits per heavy atom. The molecule has 5 aromatic carbocycles.